The van der Waals surface area contributed by atoms with Crippen LogP contribution in [0.15, 0.2) is 48.5 Å². The molecule has 1 saturated heterocycles. The fraction of sp³-hybridized carbons (Fsp3) is 0.514. The molecule has 2 aromatic carbocycles. The number of hydrogen-bond acceptors (Lipinski definition) is 8. The van der Waals surface area contributed by atoms with Gasteiger partial charge in [0.2, 0.25) is 0 Å². The predicted octanol–water partition coefficient (Wildman–Crippen LogP) is 7.15. The van der Waals surface area contributed by atoms with Gasteiger partial charge < -0.3 is 33.9 Å². The molecule has 0 radical (unpaired) electrons. The third-order valence-electron chi connectivity index (χ3n) is 7.88. The number of nitrogens with zero attached hydrogens (tertiary/aromatic N) is 1. The normalized spacial score (nSPS) is 19.8. The number of likely N-dealkylation sites (tertiary alicyclic amines) is 1. The molecule has 4 rings (SSSR count). The molecule has 0 saturated carbocycles. The zero-order chi connectivity index (χ0) is 35.8. The summed E-state index contributed by atoms with van der Waals surface area (Å²) in [7, 11) is 0. The number of benzene rings is 2. The van der Waals surface area contributed by atoms with Crippen LogP contribution < -0.4 is 10.1 Å². The second kappa shape index (κ2) is 16.4. The van der Waals surface area contributed by atoms with Gasteiger partial charge in [-0.15, -0.1) is 0 Å². The number of carbonyl (C=O) groups excluding carboxylic acids is 3. The molecule has 1 aliphatic carbocycles. The van der Waals surface area contributed by atoms with E-state index in [1.54, 1.807) is 26.8 Å². The van der Waals surface area contributed by atoms with Crippen molar-refractivity contribution in [2.24, 2.45) is 0 Å². The Bertz CT molecular complexity index is 1500. The summed E-state index contributed by atoms with van der Waals surface area (Å²) in [6, 6.07) is 9.32. The Labute approximate surface area is 282 Å². The van der Waals surface area contributed by atoms with Gasteiger partial charge in [0.25, 0.3) is 0 Å². The number of nitrogens with one attached hydrogen (secondary N) is 1. The lowest BCUT2D eigenvalue weighted by molar-refractivity contribution is -0.217. The van der Waals surface area contributed by atoms with Crippen molar-refractivity contribution < 1.29 is 55.6 Å². The summed E-state index contributed by atoms with van der Waals surface area (Å²) in [5.74, 6) is -5.40. The third kappa shape index (κ3) is 10.6. The van der Waals surface area contributed by atoms with E-state index < -0.39 is 65.4 Å². The van der Waals surface area contributed by atoms with Crippen molar-refractivity contribution >= 4 is 23.7 Å². The molecule has 0 spiro atoms. The Balaban J connectivity index is 1.48. The first-order chi connectivity index (χ1) is 23.2. The molecular weight excluding hydrogens is 652 g/mol. The van der Waals surface area contributed by atoms with Crippen molar-refractivity contribution in [3.8, 4) is 5.75 Å². The average molecular weight is 695 g/mol. The number of amides is 2. The molecule has 268 valence electrons. The molecule has 14 heteroatoms. The number of carbonyl (C=O) groups is 3. The molecule has 3 atom stereocenters. The topological polar surface area (TPSA) is 113 Å². The van der Waals surface area contributed by atoms with Crippen LogP contribution in [-0.4, -0.2) is 72.7 Å². The smallest absolute Gasteiger partial charge is 0.459 e. The van der Waals surface area contributed by atoms with Gasteiger partial charge in [-0.3, -0.25) is 0 Å². The van der Waals surface area contributed by atoms with E-state index in [1.807, 2.05) is 30.3 Å². The first-order valence-corrected chi connectivity index (χ1v) is 16.2. The number of piperidine rings is 1. The van der Waals surface area contributed by atoms with Crippen LogP contribution in [0.4, 0.5) is 27.2 Å². The highest BCUT2D eigenvalue weighted by Crippen LogP contribution is 2.38. The second-order valence-electron chi connectivity index (χ2n) is 12.8. The Morgan fingerprint density at radius 1 is 1.02 bits per heavy atom. The van der Waals surface area contributed by atoms with Crippen LogP contribution in [0.1, 0.15) is 70.9 Å². The minimum absolute atomic E-state index is 0.0173. The van der Waals surface area contributed by atoms with E-state index >= 15 is 0 Å². The number of alkyl carbamates (subject to hydrolysis) is 1. The fourth-order valence-corrected chi connectivity index (χ4v) is 5.65. The molecule has 0 bridgehead atoms. The Kier molecular flexibility index (Phi) is 12.5. The van der Waals surface area contributed by atoms with Gasteiger partial charge in [-0.05, 0) is 77.0 Å². The molecule has 10 nitrogen and oxygen atoms in total. The highest BCUT2D eigenvalue weighted by Gasteiger charge is 2.46. The number of rotatable bonds is 11. The predicted molar refractivity (Wildman–Crippen MR) is 170 cm³/mol. The quantitative estimate of drug-likeness (QED) is 0.150. The van der Waals surface area contributed by atoms with Crippen LogP contribution in [-0.2, 0) is 30.3 Å². The molecule has 1 aliphatic heterocycles. The molecule has 2 aromatic rings. The Hall–Kier alpha value is -4.33. The maximum absolute atomic E-state index is 14.7. The van der Waals surface area contributed by atoms with Gasteiger partial charge in [0, 0.05) is 18.2 Å². The SMILES string of the molecule is CCOC(=O)C(F)(F)Oc1c(F)cc(F)cc1C1=CCC(OCC2C(NC(=O)OC(C)(C)C)CCCN2C(=O)OCc2ccccc2)CC1. The molecule has 1 fully saturated rings. The van der Waals surface area contributed by atoms with Crippen LogP contribution >= 0.6 is 0 Å². The zero-order valence-electron chi connectivity index (χ0n) is 27.9. The standard InChI is InChI=1S/C35H42F4N2O8/c1-5-45-31(42)35(38,39)48-30-26(18-24(36)19-27(30)37)23-13-15-25(16-14-23)46-21-29-28(40-32(43)49-34(2,3)4)12-9-17-41(29)33(44)47-20-22-10-7-6-8-11-22/h6-8,10-11,13,18-19,25,28-29H,5,9,12,14-17,20-21H2,1-4H3,(H,40,43). The van der Waals surface area contributed by atoms with E-state index in [9.17, 15) is 31.9 Å². The summed E-state index contributed by atoms with van der Waals surface area (Å²) >= 11 is 0. The first-order valence-electron chi connectivity index (χ1n) is 16.2. The molecule has 1 N–H and O–H groups in total. The molecule has 2 aliphatic rings. The van der Waals surface area contributed by atoms with Crippen molar-refractivity contribution in [3.63, 3.8) is 0 Å². The molecule has 2 amide bonds. The van der Waals surface area contributed by atoms with Gasteiger partial charge in [-0.25, -0.2) is 23.2 Å². The first kappa shape index (κ1) is 37.5. The molecule has 3 unspecified atom stereocenters. The van der Waals surface area contributed by atoms with Gasteiger partial charge >= 0.3 is 24.3 Å². The summed E-state index contributed by atoms with van der Waals surface area (Å²) < 4.78 is 83.9. The zero-order valence-corrected chi connectivity index (χ0v) is 27.9. The minimum atomic E-state index is -4.51. The summed E-state index contributed by atoms with van der Waals surface area (Å²) in [4.78, 5) is 39.2. The minimum Gasteiger partial charge on any atom is -0.459 e. The number of ether oxygens (including phenoxy) is 5. The Morgan fingerprint density at radius 2 is 1.76 bits per heavy atom. The van der Waals surface area contributed by atoms with Crippen LogP contribution in [0.5, 0.6) is 5.75 Å². The third-order valence-corrected chi connectivity index (χ3v) is 7.88. The van der Waals surface area contributed by atoms with E-state index in [4.69, 9.17) is 14.2 Å². The highest BCUT2D eigenvalue weighted by atomic mass is 19.3. The summed E-state index contributed by atoms with van der Waals surface area (Å²) in [6.45, 7) is 6.64. The van der Waals surface area contributed by atoms with Gasteiger partial charge in [-0.2, -0.15) is 8.78 Å². The van der Waals surface area contributed by atoms with Crippen LogP contribution in [0, 0.1) is 11.6 Å². The van der Waals surface area contributed by atoms with E-state index in [1.165, 1.54) is 11.8 Å². The van der Waals surface area contributed by atoms with Gasteiger partial charge in [-0.1, -0.05) is 36.4 Å². The number of allylic oxidation sites excluding steroid dienone is 1. The molecule has 49 heavy (non-hydrogen) atoms. The Morgan fingerprint density at radius 3 is 2.41 bits per heavy atom. The number of alkyl halides is 2. The summed E-state index contributed by atoms with van der Waals surface area (Å²) in [5, 5.41) is 2.87. The molecular formula is C35H42F4N2O8. The van der Waals surface area contributed by atoms with Crippen molar-refractivity contribution in [1.29, 1.82) is 0 Å². The maximum atomic E-state index is 14.7. The number of hydrogen-bond donors (Lipinski definition) is 1. The monoisotopic (exact) mass is 694 g/mol. The van der Waals surface area contributed by atoms with Gasteiger partial charge in [0.05, 0.1) is 31.4 Å². The molecule has 0 aromatic heterocycles. The fourth-order valence-electron chi connectivity index (χ4n) is 5.65. The van der Waals surface area contributed by atoms with Crippen molar-refractivity contribution in [2.75, 3.05) is 19.8 Å². The van der Waals surface area contributed by atoms with Gasteiger partial charge in [0.1, 0.15) is 18.0 Å². The lowest BCUT2D eigenvalue weighted by Gasteiger charge is -2.41. The van der Waals surface area contributed by atoms with E-state index in [0.29, 0.717) is 37.4 Å². The van der Waals surface area contributed by atoms with Gasteiger partial charge in [0.15, 0.2) is 11.6 Å². The van der Waals surface area contributed by atoms with Crippen LogP contribution in [0.2, 0.25) is 0 Å². The van der Waals surface area contributed by atoms with E-state index in [2.05, 4.69) is 14.8 Å². The highest BCUT2D eigenvalue weighted by molar-refractivity contribution is 5.77. The lowest BCUT2D eigenvalue weighted by atomic mass is 9.91. The lowest BCUT2D eigenvalue weighted by Crippen LogP contribution is -2.59. The van der Waals surface area contributed by atoms with Crippen LogP contribution in [0.3, 0.4) is 0 Å². The second-order valence-corrected chi connectivity index (χ2v) is 12.8. The summed E-state index contributed by atoms with van der Waals surface area (Å²) in [6.07, 6.45) is -2.67. The average Bonchev–Trinajstić information content (AvgIpc) is 3.04. The summed E-state index contributed by atoms with van der Waals surface area (Å²) in [5.41, 5.74) is 0.127. The van der Waals surface area contributed by atoms with Crippen LogP contribution in [0.25, 0.3) is 5.57 Å². The number of esters is 1. The van der Waals surface area contributed by atoms with Crippen molar-refractivity contribution in [2.45, 2.75) is 96.3 Å². The van der Waals surface area contributed by atoms with E-state index in [0.717, 1.165) is 11.6 Å². The van der Waals surface area contributed by atoms with Crippen molar-refractivity contribution in [3.05, 3.63) is 71.3 Å². The van der Waals surface area contributed by atoms with Crippen molar-refractivity contribution in [1.82, 2.24) is 10.2 Å². The maximum Gasteiger partial charge on any atom is 0.502 e. The van der Waals surface area contributed by atoms with E-state index in [-0.39, 0.29) is 38.2 Å². The largest absolute Gasteiger partial charge is 0.502 e. The molecule has 1 heterocycles. The number of halogens is 4.